The number of hydrogen-bond acceptors (Lipinski definition) is 4. The molecule has 17 heavy (non-hydrogen) atoms. The fourth-order valence-electron chi connectivity index (χ4n) is 1.65. The number of methoxy groups -OCH3 is 2. The van der Waals surface area contributed by atoms with Gasteiger partial charge in [0.05, 0.1) is 20.3 Å². The van der Waals surface area contributed by atoms with Crippen LogP contribution in [-0.4, -0.2) is 14.2 Å². The van der Waals surface area contributed by atoms with Gasteiger partial charge < -0.3 is 15.2 Å². The Morgan fingerprint density at radius 2 is 1.71 bits per heavy atom. The molecule has 0 bridgehead atoms. The van der Waals surface area contributed by atoms with Crippen molar-refractivity contribution >= 4 is 11.3 Å². The van der Waals surface area contributed by atoms with E-state index in [9.17, 15) is 0 Å². The molecule has 0 aliphatic heterocycles. The number of ether oxygens (including phenoxy) is 2. The van der Waals surface area contributed by atoms with Gasteiger partial charge in [-0.15, -0.1) is 0 Å². The maximum absolute atomic E-state index is 6.20. The molecule has 0 saturated heterocycles. The van der Waals surface area contributed by atoms with Crippen LogP contribution in [0.3, 0.4) is 0 Å². The fourth-order valence-corrected chi connectivity index (χ4v) is 2.35. The van der Waals surface area contributed by atoms with Gasteiger partial charge in [-0.2, -0.15) is 11.3 Å². The van der Waals surface area contributed by atoms with E-state index in [0.717, 1.165) is 22.6 Å². The normalized spacial score (nSPS) is 12.2. The molecule has 3 nitrogen and oxygen atoms in total. The van der Waals surface area contributed by atoms with Crippen LogP contribution in [0.5, 0.6) is 11.5 Å². The van der Waals surface area contributed by atoms with Crippen molar-refractivity contribution in [2.24, 2.45) is 5.73 Å². The van der Waals surface area contributed by atoms with E-state index in [0.29, 0.717) is 0 Å². The van der Waals surface area contributed by atoms with Gasteiger partial charge in [0.1, 0.15) is 11.5 Å². The molecule has 1 unspecified atom stereocenters. The minimum atomic E-state index is -0.148. The van der Waals surface area contributed by atoms with E-state index in [2.05, 4.69) is 5.38 Å². The third-order valence-electron chi connectivity index (χ3n) is 2.64. The minimum absolute atomic E-state index is 0.148. The molecule has 4 heteroatoms. The van der Waals surface area contributed by atoms with Crippen LogP contribution in [-0.2, 0) is 0 Å². The Kier molecular flexibility index (Phi) is 3.66. The molecule has 0 saturated carbocycles. The Morgan fingerprint density at radius 3 is 2.18 bits per heavy atom. The third kappa shape index (κ3) is 2.60. The molecule has 0 amide bonds. The van der Waals surface area contributed by atoms with Gasteiger partial charge in [-0.05, 0) is 40.1 Å². The topological polar surface area (TPSA) is 44.5 Å². The largest absolute Gasteiger partial charge is 0.497 e. The Hall–Kier alpha value is -1.52. The van der Waals surface area contributed by atoms with Crippen molar-refractivity contribution in [3.8, 4) is 11.5 Å². The van der Waals surface area contributed by atoms with E-state index in [4.69, 9.17) is 15.2 Å². The molecule has 0 fully saturated rings. The minimum Gasteiger partial charge on any atom is -0.497 e. The highest BCUT2D eigenvalue weighted by Crippen LogP contribution is 2.29. The summed E-state index contributed by atoms with van der Waals surface area (Å²) in [6.07, 6.45) is 0. The highest BCUT2D eigenvalue weighted by atomic mass is 32.1. The van der Waals surface area contributed by atoms with Gasteiger partial charge in [0, 0.05) is 6.07 Å². The predicted octanol–water partition coefficient (Wildman–Crippen LogP) is 2.81. The number of thiophene rings is 1. The zero-order valence-corrected chi connectivity index (χ0v) is 10.7. The van der Waals surface area contributed by atoms with Crippen molar-refractivity contribution in [3.05, 3.63) is 46.2 Å². The Labute approximate surface area is 105 Å². The third-order valence-corrected chi connectivity index (χ3v) is 3.34. The van der Waals surface area contributed by atoms with E-state index in [1.807, 2.05) is 29.6 Å². The summed E-state index contributed by atoms with van der Waals surface area (Å²) >= 11 is 1.64. The second-order valence-electron chi connectivity index (χ2n) is 3.68. The average molecular weight is 249 g/mol. The molecule has 0 radical (unpaired) electrons. The first kappa shape index (κ1) is 12.0. The maximum atomic E-state index is 6.20. The lowest BCUT2D eigenvalue weighted by Gasteiger charge is -2.13. The summed E-state index contributed by atoms with van der Waals surface area (Å²) < 4.78 is 10.5. The highest BCUT2D eigenvalue weighted by molar-refractivity contribution is 7.08. The number of benzene rings is 1. The zero-order valence-electron chi connectivity index (χ0n) is 9.84. The van der Waals surface area contributed by atoms with E-state index < -0.39 is 0 Å². The van der Waals surface area contributed by atoms with E-state index in [1.54, 1.807) is 25.6 Å². The summed E-state index contributed by atoms with van der Waals surface area (Å²) in [4.78, 5) is 0. The first-order chi connectivity index (χ1) is 8.24. The summed E-state index contributed by atoms with van der Waals surface area (Å²) in [6, 6.07) is 7.59. The first-order valence-electron chi connectivity index (χ1n) is 5.25. The number of hydrogen-bond donors (Lipinski definition) is 1. The van der Waals surface area contributed by atoms with Gasteiger partial charge in [0.25, 0.3) is 0 Å². The fraction of sp³-hybridized carbons (Fsp3) is 0.231. The van der Waals surface area contributed by atoms with Crippen molar-refractivity contribution in [3.63, 3.8) is 0 Å². The molecule has 1 atom stereocenters. The average Bonchev–Trinajstić information content (AvgIpc) is 2.91. The van der Waals surface area contributed by atoms with E-state index >= 15 is 0 Å². The first-order valence-corrected chi connectivity index (χ1v) is 6.19. The number of nitrogens with two attached hydrogens (primary N) is 1. The van der Waals surface area contributed by atoms with Crippen LogP contribution in [0.15, 0.2) is 35.0 Å². The SMILES string of the molecule is COc1cc(OC)cc(C(N)c2ccsc2)c1. The van der Waals surface area contributed by atoms with Crippen LogP contribution in [0, 0.1) is 0 Å². The molecule has 0 aliphatic carbocycles. The van der Waals surface area contributed by atoms with Crippen LogP contribution in [0.4, 0.5) is 0 Å². The summed E-state index contributed by atoms with van der Waals surface area (Å²) in [7, 11) is 3.27. The van der Waals surface area contributed by atoms with Gasteiger partial charge in [-0.1, -0.05) is 0 Å². The molecule has 2 aromatic rings. The van der Waals surface area contributed by atoms with Crippen molar-refractivity contribution < 1.29 is 9.47 Å². The smallest absolute Gasteiger partial charge is 0.122 e. The maximum Gasteiger partial charge on any atom is 0.122 e. The lowest BCUT2D eigenvalue weighted by molar-refractivity contribution is 0.393. The zero-order chi connectivity index (χ0) is 12.3. The molecule has 0 aliphatic rings. The predicted molar refractivity (Wildman–Crippen MR) is 69.9 cm³/mol. The van der Waals surface area contributed by atoms with Crippen LogP contribution < -0.4 is 15.2 Å². The molecular formula is C13H15NO2S. The summed E-state index contributed by atoms with van der Waals surface area (Å²) in [5.74, 6) is 1.51. The standard InChI is InChI=1S/C13H15NO2S/c1-15-11-5-10(6-12(7-11)16-2)13(14)9-3-4-17-8-9/h3-8,13H,14H2,1-2H3. The van der Waals surface area contributed by atoms with Gasteiger partial charge in [-0.25, -0.2) is 0 Å². The van der Waals surface area contributed by atoms with Crippen molar-refractivity contribution in [2.75, 3.05) is 14.2 Å². The van der Waals surface area contributed by atoms with Crippen LogP contribution in [0.25, 0.3) is 0 Å². The van der Waals surface area contributed by atoms with Crippen molar-refractivity contribution in [1.82, 2.24) is 0 Å². The van der Waals surface area contributed by atoms with Gasteiger partial charge in [0.2, 0.25) is 0 Å². The van der Waals surface area contributed by atoms with Gasteiger partial charge in [-0.3, -0.25) is 0 Å². The quantitative estimate of drug-likeness (QED) is 0.906. The lowest BCUT2D eigenvalue weighted by atomic mass is 10.0. The molecule has 1 aromatic heterocycles. The molecule has 1 aromatic carbocycles. The van der Waals surface area contributed by atoms with Gasteiger partial charge >= 0.3 is 0 Å². The molecule has 1 heterocycles. The summed E-state index contributed by atoms with van der Waals surface area (Å²) in [5.41, 5.74) is 8.29. The van der Waals surface area contributed by atoms with Crippen molar-refractivity contribution in [1.29, 1.82) is 0 Å². The second-order valence-corrected chi connectivity index (χ2v) is 4.46. The molecule has 2 rings (SSSR count). The van der Waals surface area contributed by atoms with Crippen LogP contribution in [0.1, 0.15) is 17.2 Å². The summed E-state index contributed by atoms with van der Waals surface area (Å²) in [6.45, 7) is 0. The number of rotatable bonds is 4. The Bertz CT molecular complexity index is 460. The Morgan fingerprint density at radius 1 is 1.06 bits per heavy atom. The Balaban J connectivity index is 2.37. The van der Waals surface area contributed by atoms with Crippen molar-refractivity contribution in [2.45, 2.75) is 6.04 Å². The molecule has 0 spiro atoms. The molecular weight excluding hydrogens is 234 g/mol. The van der Waals surface area contributed by atoms with Crippen LogP contribution in [0.2, 0.25) is 0 Å². The second kappa shape index (κ2) is 5.21. The van der Waals surface area contributed by atoms with E-state index in [1.165, 1.54) is 0 Å². The molecule has 2 N–H and O–H groups in total. The highest BCUT2D eigenvalue weighted by Gasteiger charge is 2.12. The lowest BCUT2D eigenvalue weighted by Crippen LogP contribution is -2.11. The van der Waals surface area contributed by atoms with E-state index in [-0.39, 0.29) is 6.04 Å². The summed E-state index contributed by atoms with van der Waals surface area (Å²) in [5, 5.41) is 4.07. The van der Waals surface area contributed by atoms with Crippen LogP contribution >= 0.6 is 11.3 Å². The van der Waals surface area contributed by atoms with Gasteiger partial charge in [0.15, 0.2) is 0 Å². The molecule has 90 valence electrons. The monoisotopic (exact) mass is 249 g/mol.